The van der Waals surface area contributed by atoms with Gasteiger partial charge in [-0.05, 0) is 29.8 Å². The summed E-state index contributed by atoms with van der Waals surface area (Å²) >= 11 is 0. The summed E-state index contributed by atoms with van der Waals surface area (Å²) in [6.07, 6.45) is 8.26. The van der Waals surface area contributed by atoms with Gasteiger partial charge < -0.3 is 4.74 Å². The molecule has 3 aromatic carbocycles. The van der Waals surface area contributed by atoms with E-state index >= 15 is 0 Å². The molecule has 0 N–H and O–H groups in total. The number of benzene rings is 3. The zero-order chi connectivity index (χ0) is 23.9. The summed E-state index contributed by atoms with van der Waals surface area (Å²) in [5.41, 5.74) is 5.20. The molecule has 2 atom stereocenters. The maximum Gasteiger partial charge on any atom is 0.178 e. The highest BCUT2D eigenvalue weighted by atomic mass is 16.5. The minimum Gasteiger partial charge on any atom is -0.480 e. The van der Waals surface area contributed by atoms with Gasteiger partial charge in [-0.15, -0.1) is 0 Å². The molecule has 4 heteroatoms. The maximum atomic E-state index is 6.49. The van der Waals surface area contributed by atoms with Crippen molar-refractivity contribution in [2.75, 3.05) is 4.90 Å². The third kappa shape index (κ3) is 3.46. The van der Waals surface area contributed by atoms with Gasteiger partial charge in [0.05, 0.1) is 17.3 Å². The average molecular weight is 466 g/mol. The fourth-order valence-corrected chi connectivity index (χ4v) is 5.07. The second kappa shape index (κ2) is 8.51. The number of rotatable bonds is 3. The van der Waals surface area contributed by atoms with Crippen molar-refractivity contribution in [3.63, 3.8) is 0 Å². The highest BCUT2D eigenvalue weighted by Crippen LogP contribution is 2.43. The van der Waals surface area contributed by atoms with Crippen LogP contribution >= 0.6 is 0 Å². The van der Waals surface area contributed by atoms with Crippen LogP contribution in [-0.4, -0.2) is 22.1 Å². The first-order valence-corrected chi connectivity index (χ1v) is 12.2. The van der Waals surface area contributed by atoms with Gasteiger partial charge in [0.1, 0.15) is 11.9 Å². The van der Waals surface area contributed by atoms with Crippen molar-refractivity contribution in [1.82, 2.24) is 9.97 Å². The Hall–Kier alpha value is -4.70. The number of pyridine rings is 2. The van der Waals surface area contributed by atoms with E-state index in [9.17, 15) is 0 Å². The molecule has 0 bridgehead atoms. The smallest absolute Gasteiger partial charge is 0.178 e. The SMILES string of the molecule is C1=CC2Oc3cc4cccc(-c5ccccc5)c4nc3N(c3cccc(-c4ccccc4)n3)C2C=C1. The number of ether oxygens (including phenoxy) is 1. The predicted molar refractivity (Wildman–Crippen MR) is 145 cm³/mol. The normalized spacial score (nSPS) is 17.9. The van der Waals surface area contributed by atoms with Crippen molar-refractivity contribution in [1.29, 1.82) is 0 Å². The van der Waals surface area contributed by atoms with E-state index in [1.165, 1.54) is 0 Å². The highest BCUT2D eigenvalue weighted by Gasteiger charge is 2.37. The molecule has 7 rings (SSSR count). The Morgan fingerprint density at radius 1 is 0.667 bits per heavy atom. The van der Waals surface area contributed by atoms with Crippen LogP contribution in [0.25, 0.3) is 33.3 Å². The van der Waals surface area contributed by atoms with Crippen molar-refractivity contribution < 1.29 is 4.74 Å². The van der Waals surface area contributed by atoms with Crippen LogP contribution in [0, 0.1) is 0 Å². The van der Waals surface area contributed by atoms with Gasteiger partial charge in [-0.2, -0.15) is 0 Å². The molecule has 0 spiro atoms. The van der Waals surface area contributed by atoms with Crippen LogP contribution in [0.3, 0.4) is 0 Å². The van der Waals surface area contributed by atoms with E-state index in [-0.39, 0.29) is 12.1 Å². The minimum absolute atomic E-state index is 0.0464. The van der Waals surface area contributed by atoms with E-state index in [4.69, 9.17) is 14.7 Å². The molecule has 2 aromatic heterocycles. The lowest BCUT2D eigenvalue weighted by atomic mass is 9.99. The quantitative estimate of drug-likeness (QED) is 0.279. The monoisotopic (exact) mass is 465 g/mol. The molecule has 0 amide bonds. The minimum atomic E-state index is -0.124. The molecule has 2 unspecified atom stereocenters. The molecule has 36 heavy (non-hydrogen) atoms. The van der Waals surface area contributed by atoms with Gasteiger partial charge in [0, 0.05) is 16.5 Å². The predicted octanol–water partition coefficient (Wildman–Crippen LogP) is 7.36. The largest absolute Gasteiger partial charge is 0.480 e. The van der Waals surface area contributed by atoms with Gasteiger partial charge in [0.2, 0.25) is 0 Å². The Morgan fingerprint density at radius 3 is 2.25 bits per heavy atom. The molecule has 3 heterocycles. The summed E-state index contributed by atoms with van der Waals surface area (Å²) in [4.78, 5) is 12.6. The summed E-state index contributed by atoms with van der Waals surface area (Å²) < 4.78 is 6.49. The lowest BCUT2D eigenvalue weighted by Crippen LogP contribution is -2.46. The van der Waals surface area contributed by atoms with Crippen LogP contribution in [0.2, 0.25) is 0 Å². The van der Waals surface area contributed by atoms with E-state index in [1.54, 1.807) is 0 Å². The summed E-state index contributed by atoms with van der Waals surface area (Å²) in [7, 11) is 0. The van der Waals surface area contributed by atoms with Crippen LogP contribution in [0.4, 0.5) is 11.6 Å². The van der Waals surface area contributed by atoms with Crippen LogP contribution in [-0.2, 0) is 0 Å². The van der Waals surface area contributed by atoms with Crippen LogP contribution in [0.5, 0.6) is 5.75 Å². The van der Waals surface area contributed by atoms with Crippen molar-refractivity contribution in [2.24, 2.45) is 0 Å². The third-order valence-electron chi connectivity index (χ3n) is 6.77. The Bertz CT molecular complexity index is 1630. The molecule has 1 aliphatic carbocycles. The molecule has 0 saturated heterocycles. The zero-order valence-electron chi connectivity index (χ0n) is 19.5. The number of fused-ring (bicyclic) bond motifs is 3. The van der Waals surface area contributed by atoms with Gasteiger partial charge >= 0.3 is 0 Å². The zero-order valence-corrected chi connectivity index (χ0v) is 19.5. The number of hydrogen-bond donors (Lipinski definition) is 0. The molecular formula is C32H23N3O. The number of allylic oxidation sites excluding steroid dienone is 2. The number of aromatic nitrogens is 2. The van der Waals surface area contributed by atoms with Crippen molar-refractivity contribution in [3.05, 3.63) is 127 Å². The van der Waals surface area contributed by atoms with Gasteiger partial charge in [-0.25, -0.2) is 9.97 Å². The number of anilines is 2. The number of para-hydroxylation sites is 1. The van der Waals surface area contributed by atoms with E-state index in [0.717, 1.165) is 50.7 Å². The molecule has 5 aromatic rings. The molecule has 1 aliphatic heterocycles. The summed E-state index contributed by atoms with van der Waals surface area (Å²) in [5, 5.41) is 1.05. The van der Waals surface area contributed by atoms with E-state index in [1.807, 2.05) is 30.3 Å². The number of nitrogens with zero attached hydrogens (tertiary/aromatic N) is 3. The van der Waals surface area contributed by atoms with Crippen molar-refractivity contribution in [3.8, 4) is 28.1 Å². The Kier molecular flexibility index (Phi) is 4.88. The Morgan fingerprint density at radius 2 is 1.42 bits per heavy atom. The highest BCUT2D eigenvalue weighted by molar-refractivity contribution is 5.96. The first-order chi connectivity index (χ1) is 17.8. The standard InChI is InChI=1S/C32H23N3O/c1-3-11-22(12-4-1)25-16-9-15-24-21-29-32(34-31(24)25)35(27-18-7-8-19-28(27)36-29)30-20-10-17-26(33-30)23-13-5-2-6-14-23/h1-21,27-28H. The Labute approximate surface area is 209 Å². The van der Waals surface area contributed by atoms with Crippen LogP contribution in [0.1, 0.15) is 0 Å². The summed E-state index contributed by atoms with van der Waals surface area (Å²) in [6, 6.07) is 35.2. The summed E-state index contributed by atoms with van der Waals surface area (Å²) in [5.74, 6) is 2.39. The first-order valence-electron chi connectivity index (χ1n) is 12.2. The van der Waals surface area contributed by atoms with Gasteiger partial charge in [0.15, 0.2) is 11.6 Å². The van der Waals surface area contributed by atoms with E-state index in [2.05, 4.69) is 102 Å². The lowest BCUT2D eigenvalue weighted by Gasteiger charge is -2.40. The molecule has 4 nitrogen and oxygen atoms in total. The third-order valence-corrected chi connectivity index (χ3v) is 6.77. The van der Waals surface area contributed by atoms with Gasteiger partial charge in [-0.1, -0.05) is 103 Å². The molecule has 0 radical (unpaired) electrons. The maximum absolute atomic E-state index is 6.49. The lowest BCUT2D eigenvalue weighted by molar-refractivity contribution is 0.216. The molecular weight excluding hydrogens is 442 g/mol. The number of hydrogen-bond acceptors (Lipinski definition) is 4. The van der Waals surface area contributed by atoms with Crippen LogP contribution in [0.15, 0.2) is 127 Å². The second-order valence-corrected chi connectivity index (χ2v) is 9.01. The van der Waals surface area contributed by atoms with Crippen LogP contribution < -0.4 is 9.64 Å². The second-order valence-electron chi connectivity index (χ2n) is 9.01. The first kappa shape index (κ1) is 20.7. The fraction of sp³-hybridized carbons (Fsp3) is 0.0625. The molecule has 172 valence electrons. The van der Waals surface area contributed by atoms with Crippen molar-refractivity contribution in [2.45, 2.75) is 12.1 Å². The van der Waals surface area contributed by atoms with E-state index in [0.29, 0.717) is 0 Å². The Balaban J connectivity index is 1.44. The molecule has 0 fully saturated rings. The fourth-order valence-electron chi connectivity index (χ4n) is 5.07. The van der Waals surface area contributed by atoms with E-state index < -0.39 is 0 Å². The average Bonchev–Trinajstić information content (AvgIpc) is 2.95. The topological polar surface area (TPSA) is 38.2 Å². The van der Waals surface area contributed by atoms with Crippen molar-refractivity contribution >= 4 is 22.5 Å². The summed E-state index contributed by atoms with van der Waals surface area (Å²) in [6.45, 7) is 0. The van der Waals surface area contributed by atoms with Gasteiger partial charge in [-0.3, -0.25) is 4.90 Å². The molecule has 0 saturated carbocycles. The molecule has 2 aliphatic rings. The van der Waals surface area contributed by atoms with Gasteiger partial charge in [0.25, 0.3) is 0 Å².